The van der Waals surface area contributed by atoms with E-state index >= 15 is 0 Å². The van der Waals surface area contributed by atoms with Crippen molar-refractivity contribution >= 4 is 32.4 Å². The van der Waals surface area contributed by atoms with Gasteiger partial charge in [-0.3, -0.25) is 0 Å². The molecular formula is C25H33BO4Si. The SMILES string of the molecule is COC(=O)c1ccc(/C=C/C(B2OC(C)(C)C(C)(C)O2)[Si](C)(C)c2ccccc2)cc1. The van der Waals surface area contributed by atoms with Gasteiger partial charge in [-0.15, -0.1) is 0 Å². The largest absolute Gasteiger partial charge is 0.465 e. The average Bonchev–Trinajstić information content (AvgIpc) is 2.95. The van der Waals surface area contributed by atoms with E-state index in [-0.39, 0.29) is 29.7 Å². The lowest BCUT2D eigenvalue weighted by atomic mass is 9.83. The van der Waals surface area contributed by atoms with Crippen LogP contribution in [0.2, 0.25) is 18.5 Å². The first-order valence-corrected chi connectivity index (χ1v) is 13.8. The minimum atomic E-state index is -2.00. The lowest BCUT2D eigenvalue weighted by molar-refractivity contribution is 0.00578. The van der Waals surface area contributed by atoms with Crippen LogP contribution in [-0.2, 0) is 14.0 Å². The van der Waals surface area contributed by atoms with Crippen molar-refractivity contribution < 1.29 is 18.8 Å². The number of carbonyl (C=O) groups excluding carboxylic acids is 1. The van der Waals surface area contributed by atoms with Gasteiger partial charge in [-0.2, -0.15) is 0 Å². The number of benzene rings is 2. The second-order valence-corrected chi connectivity index (χ2v) is 14.4. The fourth-order valence-electron chi connectivity index (χ4n) is 3.83. The molecule has 1 heterocycles. The van der Waals surface area contributed by atoms with Crippen molar-refractivity contribution in [2.24, 2.45) is 0 Å². The van der Waals surface area contributed by atoms with Crippen molar-refractivity contribution in [1.29, 1.82) is 0 Å². The predicted molar refractivity (Wildman–Crippen MR) is 130 cm³/mol. The molecule has 0 spiro atoms. The van der Waals surface area contributed by atoms with Crippen LogP contribution in [0.3, 0.4) is 0 Å². The third-order valence-electron chi connectivity index (χ3n) is 6.74. The highest BCUT2D eigenvalue weighted by Gasteiger charge is 2.56. The molecule has 0 radical (unpaired) electrons. The van der Waals surface area contributed by atoms with Crippen LogP contribution in [0.25, 0.3) is 6.08 Å². The van der Waals surface area contributed by atoms with Crippen LogP contribution in [0.1, 0.15) is 43.6 Å². The first-order valence-electron chi connectivity index (χ1n) is 10.8. The lowest BCUT2D eigenvalue weighted by Crippen LogP contribution is -2.51. The van der Waals surface area contributed by atoms with Crippen LogP contribution < -0.4 is 5.19 Å². The maximum atomic E-state index is 11.7. The van der Waals surface area contributed by atoms with Crippen molar-refractivity contribution in [2.75, 3.05) is 7.11 Å². The molecule has 2 aromatic rings. The summed E-state index contributed by atoms with van der Waals surface area (Å²) in [6.07, 6.45) is 4.34. The molecule has 2 aromatic carbocycles. The van der Waals surface area contributed by atoms with Crippen LogP contribution in [0, 0.1) is 0 Å². The van der Waals surface area contributed by atoms with Gasteiger partial charge in [0.2, 0.25) is 0 Å². The maximum absolute atomic E-state index is 11.7. The fraction of sp³-hybridized carbons (Fsp3) is 0.400. The molecule has 164 valence electrons. The van der Waals surface area contributed by atoms with Crippen LogP contribution in [0.15, 0.2) is 60.7 Å². The molecule has 0 N–H and O–H groups in total. The summed E-state index contributed by atoms with van der Waals surface area (Å²) in [4.78, 5) is 11.7. The zero-order valence-corrected chi connectivity index (χ0v) is 20.6. The molecule has 4 nitrogen and oxygen atoms in total. The fourth-order valence-corrected chi connectivity index (χ4v) is 6.66. The monoisotopic (exact) mass is 436 g/mol. The van der Waals surface area contributed by atoms with E-state index < -0.39 is 8.07 Å². The minimum absolute atomic E-state index is 0.108. The van der Waals surface area contributed by atoms with Crippen molar-refractivity contribution in [3.05, 3.63) is 71.8 Å². The molecule has 1 saturated heterocycles. The highest BCUT2D eigenvalue weighted by molar-refractivity contribution is 6.98. The van der Waals surface area contributed by atoms with E-state index in [4.69, 9.17) is 14.0 Å². The van der Waals surface area contributed by atoms with Crippen molar-refractivity contribution in [2.45, 2.75) is 57.4 Å². The molecular weight excluding hydrogens is 403 g/mol. The third-order valence-corrected chi connectivity index (χ3v) is 10.7. The molecule has 1 unspecified atom stereocenters. The summed E-state index contributed by atoms with van der Waals surface area (Å²) in [6, 6.07) is 18.1. The summed E-state index contributed by atoms with van der Waals surface area (Å²) in [5, 5.41) is 1.36. The summed E-state index contributed by atoms with van der Waals surface area (Å²) >= 11 is 0. The van der Waals surface area contributed by atoms with Gasteiger partial charge in [0.15, 0.2) is 0 Å². The van der Waals surface area contributed by atoms with Crippen LogP contribution in [0.4, 0.5) is 0 Å². The number of esters is 1. The quantitative estimate of drug-likeness (QED) is 0.467. The first-order chi connectivity index (χ1) is 14.5. The molecule has 0 saturated carbocycles. The Morgan fingerprint density at radius 1 is 0.968 bits per heavy atom. The van der Waals surface area contributed by atoms with E-state index in [1.54, 1.807) is 12.1 Å². The number of hydrogen-bond donors (Lipinski definition) is 0. The van der Waals surface area contributed by atoms with Gasteiger partial charge in [0.05, 0.1) is 31.9 Å². The van der Waals surface area contributed by atoms with Gasteiger partial charge in [-0.1, -0.05) is 72.9 Å². The van der Waals surface area contributed by atoms with E-state index in [2.05, 4.69) is 83.3 Å². The molecule has 1 aliphatic rings. The van der Waals surface area contributed by atoms with Crippen LogP contribution >= 0.6 is 0 Å². The summed E-state index contributed by atoms with van der Waals surface area (Å²) in [6.45, 7) is 13.1. The molecule has 1 fully saturated rings. The van der Waals surface area contributed by atoms with Crippen molar-refractivity contribution in [3.8, 4) is 0 Å². The number of hydrogen-bond acceptors (Lipinski definition) is 4. The second kappa shape index (κ2) is 8.77. The summed E-state index contributed by atoms with van der Waals surface area (Å²) in [7, 11) is -0.930. The van der Waals surface area contributed by atoms with E-state index in [0.717, 1.165) is 5.56 Å². The number of methoxy groups -OCH3 is 1. The maximum Gasteiger partial charge on any atom is 0.462 e. The van der Waals surface area contributed by atoms with Gasteiger partial charge in [0, 0.05) is 5.44 Å². The van der Waals surface area contributed by atoms with E-state index in [0.29, 0.717) is 5.56 Å². The summed E-state index contributed by atoms with van der Waals surface area (Å²) in [5.41, 5.74) is 0.907. The van der Waals surface area contributed by atoms with E-state index in [1.165, 1.54) is 12.3 Å². The van der Waals surface area contributed by atoms with Crippen molar-refractivity contribution in [1.82, 2.24) is 0 Å². The molecule has 1 aliphatic heterocycles. The molecule has 0 aliphatic carbocycles. The molecule has 1 atom stereocenters. The standard InChI is InChI=1S/C25H33BO4Si/c1-24(2)25(3,4)30-26(29-24)22(31(6,7)21-11-9-8-10-12-21)18-15-19-13-16-20(17-14-19)23(27)28-5/h8-18,22H,1-7H3/b18-15+. The van der Waals surface area contributed by atoms with Crippen LogP contribution in [0.5, 0.6) is 0 Å². The molecule has 0 amide bonds. The zero-order chi connectivity index (χ0) is 22.9. The van der Waals surface area contributed by atoms with Gasteiger partial charge in [0.1, 0.15) is 0 Å². The molecule has 0 bridgehead atoms. The molecule has 0 aromatic heterocycles. The lowest BCUT2D eigenvalue weighted by Gasteiger charge is -2.32. The van der Waals surface area contributed by atoms with E-state index in [1.807, 2.05) is 12.1 Å². The van der Waals surface area contributed by atoms with Crippen LogP contribution in [-0.4, -0.2) is 39.5 Å². The molecule has 3 rings (SSSR count). The Labute approximate surface area is 187 Å². The number of rotatable bonds is 6. The number of carbonyl (C=O) groups is 1. The van der Waals surface area contributed by atoms with Gasteiger partial charge < -0.3 is 14.0 Å². The highest BCUT2D eigenvalue weighted by atomic mass is 28.3. The topological polar surface area (TPSA) is 44.8 Å². The average molecular weight is 436 g/mol. The third kappa shape index (κ3) is 4.87. The van der Waals surface area contributed by atoms with Gasteiger partial charge in [0.25, 0.3) is 0 Å². The molecule has 31 heavy (non-hydrogen) atoms. The summed E-state index contributed by atoms with van der Waals surface area (Å²) in [5.74, 6) is -0.330. The highest BCUT2D eigenvalue weighted by Crippen LogP contribution is 2.43. The Bertz CT molecular complexity index is 920. The number of ether oxygens (including phenoxy) is 1. The Morgan fingerprint density at radius 2 is 1.52 bits per heavy atom. The van der Waals surface area contributed by atoms with Crippen molar-refractivity contribution in [3.63, 3.8) is 0 Å². The van der Waals surface area contributed by atoms with E-state index in [9.17, 15) is 4.79 Å². The Morgan fingerprint density at radius 3 is 2.03 bits per heavy atom. The second-order valence-electron chi connectivity index (χ2n) is 9.71. The minimum Gasteiger partial charge on any atom is -0.465 e. The Balaban J connectivity index is 1.95. The van der Waals surface area contributed by atoms with Gasteiger partial charge >= 0.3 is 13.1 Å². The first kappa shape index (κ1) is 23.5. The Kier molecular flexibility index (Phi) is 6.65. The molecule has 6 heteroatoms. The predicted octanol–water partition coefficient (Wildman–Crippen LogP) is 5.10. The summed E-state index contributed by atoms with van der Waals surface area (Å²) < 4.78 is 17.8. The van der Waals surface area contributed by atoms with Gasteiger partial charge in [-0.05, 0) is 45.4 Å². The Hall–Kier alpha value is -2.15. The normalized spacial score (nSPS) is 18.9. The smallest absolute Gasteiger partial charge is 0.462 e. The number of allylic oxidation sites excluding steroid dienone is 1. The zero-order valence-electron chi connectivity index (χ0n) is 19.6. The van der Waals surface area contributed by atoms with Gasteiger partial charge in [-0.25, -0.2) is 4.79 Å².